The van der Waals surface area contributed by atoms with Crippen molar-refractivity contribution in [3.63, 3.8) is 0 Å². The zero-order chi connectivity index (χ0) is 18.4. The van der Waals surface area contributed by atoms with Crippen LogP contribution in [-0.2, 0) is 4.74 Å². The molecule has 2 aliphatic carbocycles. The van der Waals surface area contributed by atoms with E-state index in [0.717, 1.165) is 0 Å². The second-order valence-corrected chi connectivity index (χ2v) is 7.60. The summed E-state index contributed by atoms with van der Waals surface area (Å²) >= 11 is 0. The highest BCUT2D eigenvalue weighted by Gasteiger charge is 2.45. The highest BCUT2D eigenvalue weighted by atomic mass is 16.5. The molecule has 4 rings (SSSR count). The van der Waals surface area contributed by atoms with Gasteiger partial charge in [-0.2, -0.15) is 0 Å². The molecule has 1 heterocycles. The number of fused-ring (bicyclic) bond motifs is 1. The summed E-state index contributed by atoms with van der Waals surface area (Å²) in [7, 11) is 3.40. The smallest absolute Gasteiger partial charge is 0.261 e. The van der Waals surface area contributed by atoms with Crippen LogP contribution in [0.4, 0.5) is 0 Å². The van der Waals surface area contributed by atoms with E-state index in [2.05, 4.69) is 0 Å². The number of rotatable bonds is 7. The van der Waals surface area contributed by atoms with Crippen LogP contribution in [0, 0.1) is 11.8 Å². The molecule has 1 aromatic rings. The fourth-order valence-corrected chi connectivity index (χ4v) is 4.04. The molecule has 0 unspecified atom stereocenters. The summed E-state index contributed by atoms with van der Waals surface area (Å²) in [6.45, 7) is 0.516. The van der Waals surface area contributed by atoms with Gasteiger partial charge in [-0.15, -0.1) is 0 Å². The van der Waals surface area contributed by atoms with Gasteiger partial charge in [-0.05, 0) is 55.7 Å². The van der Waals surface area contributed by atoms with Crippen molar-refractivity contribution in [2.24, 2.45) is 11.8 Å². The van der Waals surface area contributed by atoms with Crippen LogP contribution in [0.3, 0.4) is 0 Å². The first-order valence-electron chi connectivity index (χ1n) is 9.29. The van der Waals surface area contributed by atoms with E-state index in [1.807, 2.05) is 11.9 Å². The van der Waals surface area contributed by atoms with Crippen molar-refractivity contribution in [1.82, 2.24) is 9.80 Å². The molecule has 3 amide bonds. The highest BCUT2D eigenvalue weighted by Crippen LogP contribution is 2.47. The third-order valence-electron chi connectivity index (χ3n) is 5.71. The lowest BCUT2D eigenvalue weighted by Crippen LogP contribution is -2.40. The Morgan fingerprint density at radius 3 is 2.35 bits per heavy atom. The van der Waals surface area contributed by atoms with Crippen LogP contribution in [0.1, 0.15) is 56.8 Å². The highest BCUT2D eigenvalue weighted by molar-refractivity contribution is 6.22. The second kappa shape index (κ2) is 6.50. The normalized spacial score (nSPS) is 19.3. The van der Waals surface area contributed by atoms with Crippen molar-refractivity contribution in [3.8, 4) is 0 Å². The lowest BCUT2D eigenvalue weighted by atomic mass is 10.0. The molecule has 138 valence electrons. The van der Waals surface area contributed by atoms with Crippen molar-refractivity contribution in [3.05, 3.63) is 34.9 Å². The summed E-state index contributed by atoms with van der Waals surface area (Å²) in [6.07, 6.45) is 4.80. The number of imide groups is 1. The molecule has 0 spiro atoms. The van der Waals surface area contributed by atoms with Crippen LogP contribution in [-0.4, -0.2) is 60.9 Å². The molecule has 0 saturated heterocycles. The first-order valence-corrected chi connectivity index (χ1v) is 9.29. The van der Waals surface area contributed by atoms with Crippen molar-refractivity contribution in [2.45, 2.75) is 31.7 Å². The monoisotopic (exact) mass is 356 g/mol. The van der Waals surface area contributed by atoms with E-state index in [1.165, 1.54) is 37.7 Å². The van der Waals surface area contributed by atoms with Gasteiger partial charge in [0.25, 0.3) is 17.7 Å². The van der Waals surface area contributed by atoms with Crippen molar-refractivity contribution in [2.75, 3.05) is 27.3 Å². The molecule has 1 aliphatic heterocycles. The lowest BCUT2D eigenvalue weighted by molar-refractivity contribution is 0.0603. The number of hydrogen-bond acceptors (Lipinski definition) is 4. The maximum Gasteiger partial charge on any atom is 0.261 e. The minimum Gasteiger partial charge on any atom is -0.383 e. The number of nitrogens with zero attached hydrogens (tertiary/aromatic N) is 2. The number of carbonyl (C=O) groups is 3. The molecule has 0 atom stereocenters. The van der Waals surface area contributed by atoms with Crippen LogP contribution in [0.25, 0.3) is 0 Å². The van der Waals surface area contributed by atoms with Gasteiger partial charge in [0.1, 0.15) is 0 Å². The minimum atomic E-state index is -0.347. The topological polar surface area (TPSA) is 66.9 Å². The molecule has 0 radical (unpaired) electrons. The summed E-state index contributed by atoms with van der Waals surface area (Å²) in [6, 6.07) is 5.16. The fourth-order valence-electron chi connectivity index (χ4n) is 4.04. The van der Waals surface area contributed by atoms with Gasteiger partial charge in [-0.1, -0.05) is 0 Å². The standard InChI is InChI=1S/C20H24N2O4/c1-21(17(12-3-4-12)13-5-6-13)18(23)14-7-8-15-16(11-14)20(25)22(19(15)24)9-10-26-2/h7-8,11-13,17H,3-6,9-10H2,1-2H3. The Hall–Kier alpha value is -2.21. The van der Waals surface area contributed by atoms with Gasteiger partial charge in [0, 0.05) is 25.8 Å². The van der Waals surface area contributed by atoms with Crippen LogP contribution in [0.5, 0.6) is 0 Å². The predicted molar refractivity (Wildman–Crippen MR) is 95.0 cm³/mol. The van der Waals surface area contributed by atoms with Gasteiger partial charge >= 0.3 is 0 Å². The Balaban J connectivity index is 1.56. The van der Waals surface area contributed by atoms with Crippen molar-refractivity contribution in [1.29, 1.82) is 0 Å². The molecule has 3 aliphatic rings. The third kappa shape index (κ3) is 2.92. The largest absolute Gasteiger partial charge is 0.383 e. The van der Waals surface area contributed by atoms with E-state index < -0.39 is 0 Å². The summed E-state index contributed by atoms with van der Waals surface area (Å²) in [5.41, 5.74) is 1.17. The van der Waals surface area contributed by atoms with E-state index in [9.17, 15) is 14.4 Å². The molecule has 2 fully saturated rings. The molecule has 2 saturated carbocycles. The van der Waals surface area contributed by atoms with E-state index in [0.29, 0.717) is 41.2 Å². The van der Waals surface area contributed by atoms with Gasteiger partial charge in [0.05, 0.1) is 24.3 Å². The maximum atomic E-state index is 13.0. The van der Waals surface area contributed by atoms with E-state index in [-0.39, 0.29) is 24.3 Å². The molecule has 1 aromatic carbocycles. The number of carbonyl (C=O) groups excluding carboxylic acids is 3. The number of amides is 3. The Labute approximate surface area is 153 Å². The fraction of sp³-hybridized carbons (Fsp3) is 0.550. The quantitative estimate of drug-likeness (QED) is 0.703. The average Bonchev–Trinajstić information content (AvgIpc) is 3.55. The predicted octanol–water partition coefficient (Wildman–Crippen LogP) is 2.19. The summed E-state index contributed by atoms with van der Waals surface area (Å²) in [4.78, 5) is 41.0. The van der Waals surface area contributed by atoms with Crippen LogP contribution in [0.2, 0.25) is 0 Å². The molecule has 0 N–H and O–H groups in total. The summed E-state index contributed by atoms with van der Waals surface area (Å²) < 4.78 is 4.97. The van der Waals surface area contributed by atoms with Gasteiger partial charge < -0.3 is 9.64 Å². The Bertz CT molecular complexity index is 755. The van der Waals surface area contributed by atoms with Crippen molar-refractivity contribution >= 4 is 17.7 Å². The van der Waals surface area contributed by atoms with E-state index in [1.54, 1.807) is 18.2 Å². The van der Waals surface area contributed by atoms with E-state index >= 15 is 0 Å². The molecule has 6 nitrogen and oxygen atoms in total. The zero-order valence-corrected chi connectivity index (χ0v) is 15.2. The molecular formula is C20H24N2O4. The second-order valence-electron chi connectivity index (χ2n) is 7.60. The number of ether oxygens (including phenoxy) is 1. The van der Waals surface area contributed by atoms with Crippen LogP contribution < -0.4 is 0 Å². The van der Waals surface area contributed by atoms with Gasteiger partial charge in [-0.3, -0.25) is 19.3 Å². The number of hydrogen-bond donors (Lipinski definition) is 0. The first-order chi connectivity index (χ1) is 12.5. The third-order valence-corrected chi connectivity index (χ3v) is 5.71. The zero-order valence-electron chi connectivity index (χ0n) is 15.2. The number of methoxy groups -OCH3 is 1. The lowest BCUT2D eigenvalue weighted by Gasteiger charge is -2.28. The molecule has 26 heavy (non-hydrogen) atoms. The Morgan fingerprint density at radius 1 is 1.15 bits per heavy atom. The van der Waals surface area contributed by atoms with E-state index in [4.69, 9.17) is 4.74 Å². The summed E-state index contributed by atoms with van der Waals surface area (Å²) in [5, 5.41) is 0. The van der Waals surface area contributed by atoms with Crippen molar-refractivity contribution < 1.29 is 19.1 Å². The Kier molecular flexibility index (Phi) is 4.31. The molecular weight excluding hydrogens is 332 g/mol. The molecule has 0 aromatic heterocycles. The van der Waals surface area contributed by atoms with Gasteiger partial charge in [-0.25, -0.2) is 0 Å². The first kappa shape index (κ1) is 17.2. The van der Waals surface area contributed by atoms with Gasteiger partial charge in [0.15, 0.2) is 0 Å². The minimum absolute atomic E-state index is 0.0628. The van der Waals surface area contributed by atoms with Gasteiger partial charge in [0.2, 0.25) is 0 Å². The maximum absolute atomic E-state index is 13.0. The van der Waals surface area contributed by atoms with Crippen LogP contribution in [0.15, 0.2) is 18.2 Å². The Morgan fingerprint density at radius 2 is 1.77 bits per heavy atom. The SMILES string of the molecule is COCCN1C(=O)c2ccc(C(=O)N(C)C(C3CC3)C3CC3)cc2C1=O. The van der Waals surface area contributed by atoms with Crippen LogP contribution >= 0.6 is 0 Å². The average molecular weight is 356 g/mol. The molecule has 0 bridgehead atoms. The summed E-state index contributed by atoms with van der Waals surface area (Å²) in [5.74, 6) is 0.521. The number of benzene rings is 1. The molecule has 6 heteroatoms.